The molecule has 1 aromatic carbocycles. The van der Waals surface area contributed by atoms with Crippen molar-refractivity contribution in [2.24, 2.45) is 0 Å². The number of hydrogen-bond donors (Lipinski definition) is 0. The van der Waals surface area contributed by atoms with E-state index in [4.69, 9.17) is 9.15 Å². The maximum absolute atomic E-state index is 6.04. The summed E-state index contributed by atoms with van der Waals surface area (Å²) in [6.45, 7) is 1.52. The second-order valence-electron chi connectivity index (χ2n) is 6.30. The summed E-state index contributed by atoms with van der Waals surface area (Å²) >= 11 is 0. The predicted octanol–water partition coefficient (Wildman–Crippen LogP) is 3.24. The van der Waals surface area contributed by atoms with Crippen LogP contribution in [-0.4, -0.2) is 23.4 Å². The minimum Gasteiger partial charge on any atom is -0.424 e. The van der Waals surface area contributed by atoms with Crippen molar-refractivity contribution in [3.63, 3.8) is 0 Å². The van der Waals surface area contributed by atoms with Gasteiger partial charge >= 0.3 is 0 Å². The molecule has 1 aliphatic heterocycles. The van der Waals surface area contributed by atoms with Crippen LogP contribution in [0, 0.1) is 0 Å². The Hall–Kier alpha value is -1.68. The van der Waals surface area contributed by atoms with E-state index in [0.29, 0.717) is 12.5 Å². The summed E-state index contributed by atoms with van der Waals surface area (Å²) in [5, 5.41) is 8.67. The molecule has 0 N–H and O–H groups in total. The quantitative estimate of drug-likeness (QED) is 0.864. The molecule has 2 aromatic rings. The lowest BCUT2D eigenvalue weighted by Gasteiger charge is -2.38. The molecule has 0 spiro atoms. The van der Waals surface area contributed by atoms with Crippen molar-refractivity contribution < 1.29 is 9.15 Å². The van der Waals surface area contributed by atoms with Gasteiger partial charge in [0.05, 0.1) is 17.9 Å². The normalized spacial score (nSPS) is 23.9. The van der Waals surface area contributed by atoms with Crippen LogP contribution in [0.3, 0.4) is 0 Å². The summed E-state index contributed by atoms with van der Waals surface area (Å²) in [6, 6.07) is 10.6. The fraction of sp³-hybridized carbons (Fsp3) is 0.529. The number of hydrogen-bond acceptors (Lipinski definition) is 4. The maximum Gasteiger partial charge on any atom is 0.223 e. The fourth-order valence-electron chi connectivity index (χ4n) is 3.40. The molecule has 21 heavy (non-hydrogen) atoms. The topological polar surface area (TPSA) is 48.2 Å². The van der Waals surface area contributed by atoms with Gasteiger partial charge < -0.3 is 9.15 Å². The molecule has 0 radical (unpaired) electrons. The summed E-state index contributed by atoms with van der Waals surface area (Å²) in [5.41, 5.74) is 1.41. The van der Waals surface area contributed by atoms with Crippen LogP contribution in [0.4, 0.5) is 0 Å². The Balaban J connectivity index is 1.57. The molecule has 1 atom stereocenters. The van der Waals surface area contributed by atoms with Crippen LogP contribution in [0.2, 0.25) is 0 Å². The third kappa shape index (κ3) is 2.38. The Morgan fingerprint density at radius 2 is 2.00 bits per heavy atom. The lowest BCUT2D eigenvalue weighted by Crippen LogP contribution is -2.37. The van der Waals surface area contributed by atoms with Gasteiger partial charge in [0.25, 0.3) is 0 Å². The number of rotatable bonds is 4. The van der Waals surface area contributed by atoms with Gasteiger partial charge in [-0.15, -0.1) is 10.2 Å². The largest absolute Gasteiger partial charge is 0.424 e. The van der Waals surface area contributed by atoms with Crippen LogP contribution in [0.15, 0.2) is 34.7 Å². The highest BCUT2D eigenvalue weighted by atomic mass is 16.5. The van der Waals surface area contributed by atoms with E-state index in [2.05, 4.69) is 40.5 Å². The number of ether oxygens (including phenoxy) is 1. The van der Waals surface area contributed by atoms with Gasteiger partial charge in [-0.2, -0.15) is 0 Å². The second kappa shape index (κ2) is 5.26. The molecule has 2 heterocycles. The van der Waals surface area contributed by atoms with Crippen molar-refractivity contribution >= 4 is 0 Å². The molecule has 0 amide bonds. The van der Waals surface area contributed by atoms with Gasteiger partial charge in [-0.05, 0) is 31.2 Å². The minimum atomic E-state index is 0.0616. The van der Waals surface area contributed by atoms with Gasteiger partial charge in [0.2, 0.25) is 11.8 Å². The second-order valence-corrected chi connectivity index (χ2v) is 6.30. The molecule has 1 aliphatic carbocycles. The molecule has 1 aromatic heterocycles. The maximum atomic E-state index is 6.04. The summed E-state index contributed by atoms with van der Waals surface area (Å²) in [6.07, 6.45) is 5.52. The molecule has 1 saturated heterocycles. The van der Waals surface area contributed by atoms with Gasteiger partial charge in [-0.3, -0.25) is 0 Å². The molecular weight excluding hydrogens is 264 g/mol. The number of aromatic nitrogens is 2. The Kier molecular flexibility index (Phi) is 3.26. The Labute approximate surface area is 124 Å². The number of benzene rings is 1. The smallest absolute Gasteiger partial charge is 0.223 e. The van der Waals surface area contributed by atoms with Crippen LogP contribution in [0.1, 0.15) is 48.9 Å². The van der Waals surface area contributed by atoms with Crippen molar-refractivity contribution in [3.8, 4) is 0 Å². The first-order valence-electron chi connectivity index (χ1n) is 7.81. The highest BCUT2D eigenvalue weighted by Gasteiger charge is 2.44. The highest BCUT2D eigenvalue weighted by molar-refractivity contribution is 5.22. The summed E-state index contributed by atoms with van der Waals surface area (Å²) in [5.74, 6) is 1.89. The summed E-state index contributed by atoms with van der Waals surface area (Å²) in [4.78, 5) is 0. The van der Waals surface area contributed by atoms with Gasteiger partial charge in [-0.1, -0.05) is 36.8 Å². The van der Waals surface area contributed by atoms with E-state index in [1.165, 1.54) is 12.0 Å². The summed E-state index contributed by atoms with van der Waals surface area (Å²) in [7, 11) is 0. The molecular formula is C17H20N2O2. The molecule has 4 heteroatoms. The third-order valence-electron chi connectivity index (χ3n) is 4.87. The van der Waals surface area contributed by atoms with Crippen LogP contribution < -0.4 is 0 Å². The van der Waals surface area contributed by atoms with Gasteiger partial charge in [0, 0.05) is 6.61 Å². The van der Waals surface area contributed by atoms with E-state index in [9.17, 15) is 0 Å². The molecule has 4 rings (SSSR count). The van der Waals surface area contributed by atoms with E-state index in [1.54, 1.807) is 0 Å². The van der Waals surface area contributed by atoms with Crippen LogP contribution in [0.25, 0.3) is 0 Å². The van der Waals surface area contributed by atoms with Crippen molar-refractivity contribution in [1.29, 1.82) is 0 Å². The van der Waals surface area contributed by atoms with Gasteiger partial charge in [0.1, 0.15) is 0 Å². The van der Waals surface area contributed by atoms with Crippen LogP contribution in [0.5, 0.6) is 0 Å². The zero-order chi connectivity index (χ0) is 14.1. The molecule has 0 bridgehead atoms. The zero-order valence-corrected chi connectivity index (χ0v) is 12.1. The highest BCUT2D eigenvalue weighted by Crippen LogP contribution is 2.46. The predicted molar refractivity (Wildman–Crippen MR) is 78.2 cm³/mol. The van der Waals surface area contributed by atoms with Crippen molar-refractivity contribution in [3.05, 3.63) is 47.7 Å². The minimum absolute atomic E-state index is 0.0616. The SMILES string of the molecule is c1ccc(CC2(c3nnc([C@@H]4CCOC4)o3)CCC2)cc1. The number of nitrogens with zero attached hydrogens (tertiary/aromatic N) is 2. The Bertz CT molecular complexity index is 598. The van der Waals surface area contributed by atoms with E-state index in [0.717, 1.165) is 44.1 Å². The summed E-state index contributed by atoms with van der Waals surface area (Å²) < 4.78 is 11.5. The van der Waals surface area contributed by atoms with E-state index < -0.39 is 0 Å². The van der Waals surface area contributed by atoms with Crippen molar-refractivity contribution in [1.82, 2.24) is 10.2 Å². The molecule has 0 unspecified atom stereocenters. The van der Waals surface area contributed by atoms with Crippen LogP contribution in [-0.2, 0) is 16.6 Å². The van der Waals surface area contributed by atoms with E-state index in [1.807, 2.05) is 0 Å². The first-order valence-corrected chi connectivity index (χ1v) is 7.81. The van der Waals surface area contributed by atoms with E-state index >= 15 is 0 Å². The van der Waals surface area contributed by atoms with Crippen molar-refractivity contribution in [2.45, 2.75) is 43.4 Å². The average molecular weight is 284 g/mol. The first-order chi connectivity index (χ1) is 10.4. The Morgan fingerprint density at radius 3 is 2.67 bits per heavy atom. The molecule has 2 fully saturated rings. The van der Waals surface area contributed by atoms with Gasteiger partial charge in [-0.25, -0.2) is 0 Å². The average Bonchev–Trinajstić information content (AvgIpc) is 3.14. The first kappa shape index (κ1) is 13.0. The molecule has 1 saturated carbocycles. The van der Waals surface area contributed by atoms with E-state index in [-0.39, 0.29) is 5.41 Å². The van der Waals surface area contributed by atoms with Crippen molar-refractivity contribution in [2.75, 3.05) is 13.2 Å². The zero-order valence-electron chi connectivity index (χ0n) is 12.1. The monoisotopic (exact) mass is 284 g/mol. The molecule has 2 aliphatic rings. The lowest BCUT2D eigenvalue weighted by molar-refractivity contribution is 0.176. The van der Waals surface area contributed by atoms with Gasteiger partial charge in [0.15, 0.2) is 0 Å². The standard InChI is InChI=1S/C17H20N2O2/c1-2-5-13(6-3-1)11-17(8-4-9-17)16-19-18-15(21-16)14-7-10-20-12-14/h1-3,5-6,14H,4,7-12H2/t14-/m1/s1. The fourth-order valence-corrected chi connectivity index (χ4v) is 3.40. The molecule has 4 nitrogen and oxygen atoms in total. The Morgan fingerprint density at radius 1 is 1.14 bits per heavy atom. The molecule has 110 valence electrons. The van der Waals surface area contributed by atoms with Crippen LogP contribution >= 0.6 is 0 Å². The third-order valence-corrected chi connectivity index (χ3v) is 4.87. The lowest BCUT2D eigenvalue weighted by atomic mass is 9.65.